The highest BCUT2D eigenvalue weighted by Gasteiger charge is 2.35. The molecule has 0 amide bonds. The molecule has 58 valence electrons. The highest BCUT2D eigenvalue weighted by Crippen LogP contribution is 2.15. The van der Waals surface area contributed by atoms with Crippen LogP contribution in [0.1, 0.15) is 6.92 Å². The van der Waals surface area contributed by atoms with Crippen LogP contribution in [0.15, 0.2) is 0 Å². The van der Waals surface area contributed by atoms with Gasteiger partial charge in [0.25, 0.3) is 0 Å². The summed E-state index contributed by atoms with van der Waals surface area (Å²) in [5.74, 6) is -3.18. The summed E-state index contributed by atoms with van der Waals surface area (Å²) in [5, 5.41) is 0. The van der Waals surface area contributed by atoms with Crippen LogP contribution in [-0.2, 0) is 14.3 Å². The van der Waals surface area contributed by atoms with Crippen LogP contribution in [0.2, 0.25) is 0 Å². The zero-order chi connectivity index (χ0) is 8.36. The molecule has 0 spiro atoms. The topological polar surface area (TPSA) is 43.4 Å². The number of ketones is 1. The lowest BCUT2D eigenvalue weighted by Crippen LogP contribution is -2.23. The summed E-state index contributed by atoms with van der Waals surface area (Å²) in [6.07, 6.45) is -5.07. The van der Waals surface area contributed by atoms with Crippen molar-refractivity contribution in [2.45, 2.75) is 13.3 Å². The van der Waals surface area contributed by atoms with E-state index in [2.05, 4.69) is 4.74 Å². The fraction of sp³-hybridized carbons (Fsp3) is 0.500. The number of hydrogen-bond acceptors (Lipinski definition) is 3. The van der Waals surface area contributed by atoms with E-state index in [-0.39, 0.29) is 0 Å². The van der Waals surface area contributed by atoms with Crippen LogP contribution in [0.25, 0.3) is 0 Å². The first-order chi connectivity index (χ1) is 4.33. The van der Waals surface area contributed by atoms with Gasteiger partial charge in [-0.2, -0.15) is 0 Å². The van der Waals surface area contributed by atoms with Crippen molar-refractivity contribution in [3.63, 3.8) is 0 Å². The molecule has 6 heteroatoms. The molecule has 10 heavy (non-hydrogen) atoms. The second kappa shape index (κ2) is 2.68. The Kier molecular flexibility index (Phi) is 2.39. The van der Waals surface area contributed by atoms with Gasteiger partial charge < -0.3 is 4.74 Å². The van der Waals surface area contributed by atoms with Gasteiger partial charge in [0, 0.05) is 6.92 Å². The molecular weight excluding hydrogens is 153 g/mol. The molecule has 0 aliphatic carbocycles. The highest BCUT2D eigenvalue weighted by molar-refractivity contribution is 6.32. The quantitative estimate of drug-likeness (QED) is 0.413. The maximum atomic E-state index is 11.1. The minimum absolute atomic E-state index is 0.689. The average molecular weight is 156 g/mol. The molecule has 0 aromatic heterocycles. The minimum atomic E-state index is -5.07. The van der Waals surface area contributed by atoms with Crippen molar-refractivity contribution in [1.82, 2.24) is 0 Å². The number of hydrogen-bond donors (Lipinski definition) is 0. The van der Waals surface area contributed by atoms with E-state index in [1.165, 1.54) is 0 Å². The summed E-state index contributed by atoms with van der Waals surface area (Å²) >= 11 is 0. The Labute approximate surface area is 53.8 Å². The van der Waals surface area contributed by atoms with Gasteiger partial charge in [-0.15, -0.1) is 13.2 Å². The second-order valence-corrected chi connectivity index (χ2v) is 1.39. The van der Waals surface area contributed by atoms with Crippen LogP contribution >= 0.6 is 0 Å². The van der Waals surface area contributed by atoms with Gasteiger partial charge in [-0.25, -0.2) is 4.79 Å². The van der Waals surface area contributed by atoms with Gasteiger partial charge >= 0.3 is 12.3 Å². The lowest BCUT2D eigenvalue weighted by molar-refractivity contribution is -0.303. The van der Waals surface area contributed by atoms with Gasteiger partial charge in [0.1, 0.15) is 0 Å². The number of carbonyl (C=O) groups excluding carboxylic acids is 2. The van der Waals surface area contributed by atoms with Crippen LogP contribution in [0.4, 0.5) is 13.2 Å². The Balaban J connectivity index is 3.93. The zero-order valence-corrected chi connectivity index (χ0v) is 4.86. The van der Waals surface area contributed by atoms with Gasteiger partial charge in [0.2, 0.25) is 5.78 Å². The van der Waals surface area contributed by atoms with Crippen molar-refractivity contribution in [2.24, 2.45) is 0 Å². The Bertz CT molecular complexity index is 160. The van der Waals surface area contributed by atoms with Crippen LogP contribution < -0.4 is 0 Å². The molecule has 0 bridgehead atoms. The molecular formula is C4H3F3O3. The minimum Gasteiger partial charge on any atom is -0.367 e. The van der Waals surface area contributed by atoms with Gasteiger partial charge in [-0.3, -0.25) is 4.79 Å². The predicted molar refractivity (Wildman–Crippen MR) is 22.8 cm³/mol. The molecule has 0 fully saturated rings. The number of ether oxygens (including phenoxy) is 1. The summed E-state index contributed by atoms with van der Waals surface area (Å²) in [6.45, 7) is 0.689. The molecule has 0 saturated heterocycles. The molecule has 0 radical (unpaired) electrons. The molecule has 0 rings (SSSR count). The smallest absolute Gasteiger partial charge is 0.367 e. The molecule has 0 heterocycles. The van der Waals surface area contributed by atoms with Crippen molar-refractivity contribution in [1.29, 1.82) is 0 Å². The third kappa shape index (κ3) is 3.88. The summed E-state index contributed by atoms with van der Waals surface area (Å²) in [4.78, 5) is 19.7. The average Bonchev–Trinajstić information content (AvgIpc) is 1.60. The maximum Gasteiger partial charge on any atom is 0.575 e. The summed E-state index contributed by atoms with van der Waals surface area (Å²) in [5.41, 5.74) is 0. The Morgan fingerprint density at radius 2 is 1.70 bits per heavy atom. The van der Waals surface area contributed by atoms with E-state index in [9.17, 15) is 22.8 Å². The lowest BCUT2D eigenvalue weighted by atomic mass is 10.5. The molecule has 3 nitrogen and oxygen atoms in total. The molecule has 0 aromatic rings. The van der Waals surface area contributed by atoms with Crippen molar-refractivity contribution < 1.29 is 27.5 Å². The Morgan fingerprint density at radius 1 is 1.30 bits per heavy atom. The SMILES string of the molecule is CC(=O)C(=O)OC(F)(F)F. The van der Waals surface area contributed by atoms with Crippen LogP contribution in [0.5, 0.6) is 0 Å². The molecule has 0 aromatic carbocycles. The van der Waals surface area contributed by atoms with Gasteiger partial charge in [0.05, 0.1) is 0 Å². The monoisotopic (exact) mass is 156 g/mol. The first kappa shape index (κ1) is 8.93. The molecule has 0 atom stereocenters. The second-order valence-electron chi connectivity index (χ2n) is 1.39. The Hall–Kier alpha value is -1.07. The molecule has 0 saturated carbocycles. The number of carbonyl (C=O) groups is 2. The number of alkyl halides is 3. The largest absolute Gasteiger partial charge is 0.575 e. The van der Waals surface area contributed by atoms with E-state index in [0.717, 1.165) is 0 Å². The van der Waals surface area contributed by atoms with E-state index >= 15 is 0 Å². The first-order valence-corrected chi connectivity index (χ1v) is 2.13. The van der Waals surface area contributed by atoms with Crippen LogP contribution in [-0.4, -0.2) is 18.1 Å². The molecule has 0 aliphatic rings. The van der Waals surface area contributed by atoms with Crippen molar-refractivity contribution in [3.8, 4) is 0 Å². The lowest BCUT2D eigenvalue weighted by Gasteiger charge is -2.03. The number of halogens is 3. The first-order valence-electron chi connectivity index (χ1n) is 2.13. The molecule has 0 aliphatic heterocycles. The summed E-state index contributed by atoms with van der Waals surface area (Å²) in [7, 11) is 0. The van der Waals surface area contributed by atoms with E-state index < -0.39 is 18.1 Å². The van der Waals surface area contributed by atoms with Crippen LogP contribution in [0.3, 0.4) is 0 Å². The van der Waals surface area contributed by atoms with Crippen molar-refractivity contribution in [2.75, 3.05) is 0 Å². The number of esters is 1. The Morgan fingerprint density at radius 3 is 1.80 bits per heavy atom. The molecule has 0 unspecified atom stereocenters. The fourth-order valence-electron chi connectivity index (χ4n) is 0.177. The number of Topliss-reactive ketones (excluding diaryl/α,β-unsaturated/α-hetero) is 1. The maximum absolute atomic E-state index is 11.1. The van der Waals surface area contributed by atoms with Crippen LogP contribution in [0, 0.1) is 0 Å². The summed E-state index contributed by atoms with van der Waals surface area (Å²) < 4.78 is 35.9. The standard InChI is InChI=1S/C4H3F3O3/c1-2(8)3(9)10-4(5,6)7/h1H3. The van der Waals surface area contributed by atoms with E-state index in [4.69, 9.17) is 0 Å². The summed E-state index contributed by atoms with van der Waals surface area (Å²) in [6, 6.07) is 0. The zero-order valence-electron chi connectivity index (χ0n) is 4.86. The van der Waals surface area contributed by atoms with Gasteiger partial charge in [-0.05, 0) is 0 Å². The van der Waals surface area contributed by atoms with E-state index in [1.807, 2.05) is 0 Å². The van der Waals surface area contributed by atoms with E-state index in [0.29, 0.717) is 6.92 Å². The van der Waals surface area contributed by atoms with E-state index in [1.54, 1.807) is 0 Å². The fourth-order valence-corrected chi connectivity index (χ4v) is 0.177. The molecule has 0 N–H and O–H groups in total. The van der Waals surface area contributed by atoms with Gasteiger partial charge in [0.15, 0.2) is 0 Å². The third-order valence-corrected chi connectivity index (χ3v) is 0.496. The van der Waals surface area contributed by atoms with Crippen molar-refractivity contribution in [3.05, 3.63) is 0 Å². The predicted octanol–water partition coefficient (Wildman–Crippen LogP) is 0.638. The number of rotatable bonds is 1. The third-order valence-electron chi connectivity index (χ3n) is 0.496. The van der Waals surface area contributed by atoms with Crippen molar-refractivity contribution >= 4 is 11.8 Å². The normalized spacial score (nSPS) is 10.8. The van der Waals surface area contributed by atoms with Gasteiger partial charge in [-0.1, -0.05) is 0 Å². The highest BCUT2D eigenvalue weighted by atomic mass is 19.4.